The van der Waals surface area contributed by atoms with E-state index >= 15 is 0 Å². The molecule has 3 rings (SSSR count). The third-order valence-corrected chi connectivity index (χ3v) is 5.05. The van der Waals surface area contributed by atoms with Gasteiger partial charge in [-0.1, -0.05) is 57.2 Å². The molecule has 0 aliphatic heterocycles. The lowest BCUT2D eigenvalue weighted by atomic mass is 9.86. The van der Waals surface area contributed by atoms with Gasteiger partial charge in [-0.15, -0.1) is 0 Å². The van der Waals surface area contributed by atoms with E-state index in [1.807, 2.05) is 18.2 Å². The average molecular weight is 428 g/mol. The second-order valence-electron chi connectivity index (χ2n) is 8.50. The summed E-state index contributed by atoms with van der Waals surface area (Å²) >= 11 is 0. The number of carboxylic acid groups (broad SMARTS) is 1. The predicted molar refractivity (Wildman–Crippen MR) is 120 cm³/mol. The molecule has 0 saturated carbocycles. The molecule has 0 aliphatic rings. The second kappa shape index (κ2) is 9.40. The quantitative estimate of drug-likeness (QED) is 0.618. The summed E-state index contributed by atoms with van der Waals surface area (Å²) in [6, 6.07) is 15.2. The maximum Gasteiger partial charge on any atom is 0.326 e. The van der Waals surface area contributed by atoms with Crippen molar-refractivity contribution in [1.82, 2.24) is 15.3 Å². The fraction of sp³-hybridized carbons (Fsp3) is 0.240. The van der Waals surface area contributed by atoms with E-state index in [0.717, 1.165) is 16.7 Å². The molecule has 0 saturated heterocycles. The van der Waals surface area contributed by atoms with E-state index in [9.17, 15) is 14.7 Å². The van der Waals surface area contributed by atoms with Crippen LogP contribution >= 0.6 is 0 Å². The van der Waals surface area contributed by atoms with Gasteiger partial charge in [-0.2, -0.15) is 5.26 Å². The molecule has 1 atom stereocenters. The number of carbonyl (C=O) groups is 2. The van der Waals surface area contributed by atoms with Gasteiger partial charge in [0, 0.05) is 29.9 Å². The van der Waals surface area contributed by atoms with Crippen LogP contribution in [-0.4, -0.2) is 33.0 Å². The van der Waals surface area contributed by atoms with Crippen molar-refractivity contribution in [3.05, 3.63) is 83.2 Å². The van der Waals surface area contributed by atoms with Crippen molar-refractivity contribution >= 4 is 11.9 Å². The summed E-state index contributed by atoms with van der Waals surface area (Å²) in [4.78, 5) is 32.6. The number of amides is 1. The van der Waals surface area contributed by atoms with Crippen molar-refractivity contribution in [3.8, 4) is 17.5 Å². The summed E-state index contributed by atoms with van der Waals surface area (Å²) in [5.41, 5.74) is 3.34. The minimum Gasteiger partial charge on any atom is -0.480 e. The Bertz CT molecular complexity index is 1140. The van der Waals surface area contributed by atoms with Crippen molar-refractivity contribution in [2.24, 2.45) is 0 Å². The first-order chi connectivity index (χ1) is 15.2. The maximum atomic E-state index is 12.6. The van der Waals surface area contributed by atoms with Crippen LogP contribution in [0.1, 0.15) is 47.8 Å². The summed E-state index contributed by atoms with van der Waals surface area (Å²) < 4.78 is 0. The molecule has 7 heteroatoms. The fourth-order valence-electron chi connectivity index (χ4n) is 3.12. The number of rotatable bonds is 6. The smallest absolute Gasteiger partial charge is 0.326 e. The van der Waals surface area contributed by atoms with Gasteiger partial charge in [0.1, 0.15) is 12.1 Å². The molecule has 1 aromatic heterocycles. The largest absolute Gasteiger partial charge is 0.480 e. The van der Waals surface area contributed by atoms with Crippen molar-refractivity contribution in [3.63, 3.8) is 0 Å². The van der Waals surface area contributed by atoms with Crippen molar-refractivity contribution in [2.45, 2.75) is 38.6 Å². The van der Waals surface area contributed by atoms with E-state index < -0.39 is 17.9 Å². The second-order valence-corrected chi connectivity index (χ2v) is 8.50. The van der Waals surface area contributed by atoms with Gasteiger partial charge in [-0.25, -0.2) is 14.8 Å². The minimum atomic E-state index is -1.11. The predicted octanol–water partition coefficient (Wildman–Crippen LogP) is 3.74. The summed E-state index contributed by atoms with van der Waals surface area (Å²) in [5.74, 6) is -1.07. The first kappa shape index (κ1) is 22.6. The van der Waals surface area contributed by atoms with E-state index in [2.05, 4.69) is 36.1 Å². The van der Waals surface area contributed by atoms with Crippen LogP contribution in [-0.2, 0) is 16.6 Å². The zero-order chi connectivity index (χ0) is 23.3. The molecule has 32 heavy (non-hydrogen) atoms. The molecule has 0 aliphatic carbocycles. The molecule has 1 heterocycles. The Morgan fingerprint density at radius 2 is 1.62 bits per heavy atom. The van der Waals surface area contributed by atoms with Gasteiger partial charge < -0.3 is 10.4 Å². The highest BCUT2D eigenvalue weighted by molar-refractivity contribution is 5.96. The number of hydrogen-bond donors (Lipinski definition) is 2. The van der Waals surface area contributed by atoms with E-state index in [1.165, 1.54) is 12.4 Å². The molecule has 0 fully saturated rings. The van der Waals surface area contributed by atoms with Crippen molar-refractivity contribution in [2.75, 3.05) is 0 Å². The highest BCUT2D eigenvalue weighted by Crippen LogP contribution is 2.22. The van der Waals surface area contributed by atoms with Gasteiger partial charge in [0.05, 0.1) is 5.56 Å². The topological polar surface area (TPSA) is 116 Å². The van der Waals surface area contributed by atoms with Gasteiger partial charge in [-0.05, 0) is 28.7 Å². The molecule has 2 aromatic carbocycles. The number of carboxylic acids is 1. The Kier molecular flexibility index (Phi) is 6.64. The van der Waals surface area contributed by atoms with Gasteiger partial charge in [0.25, 0.3) is 5.91 Å². The van der Waals surface area contributed by atoms with Crippen LogP contribution in [0.5, 0.6) is 0 Å². The molecular formula is C25H24N4O3. The zero-order valence-electron chi connectivity index (χ0n) is 18.2. The third kappa shape index (κ3) is 5.55. The summed E-state index contributed by atoms with van der Waals surface area (Å²) in [7, 11) is 0. The van der Waals surface area contributed by atoms with Crippen LogP contribution in [0.4, 0.5) is 0 Å². The SMILES string of the molecule is CC(C)(C)c1ccc(C(=O)N[C@@H](Cc2ccc(-c3ncc(C#N)cn3)cc2)C(=O)O)cc1. The summed E-state index contributed by atoms with van der Waals surface area (Å²) in [6.07, 6.45) is 3.02. The van der Waals surface area contributed by atoms with Crippen LogP contribution in [0.15, 0.2) is 60.9 Å². The van der Waals surface area contributed by atoms with Crippen LogP contribution in [0, 0.1) is 11.3 Å². The highest BCUT2D eigenvalue weighted by Gasteiger charge is 2.22. The van der Waals surface area contributed by atoms with Crippen molar-refractivity contribution in [1.29, 1.82) is 5.26 Å². The van der Waals surface area contributed by atoms with Gasteiger partial charge in [-0.3, -0.25) is 4.79 Å². The number of nitriles is 1. The van der Waals surface area contributed by atoms with E-state index in [4.69, 9.17) is 5.26 Å². The monoisotopic (exact) mass is 428 g/mol. The number of carbonyl (C=O) groups excluding carboxylic acids is 1. The van der Waals surface area contributed by atoms with Gasteiger partial charge in [0.2, 0.25) is 0 Å². The lowest BCUT2D eigenvalue weighted by molar-refractivity contribution is -0.139. The number of benzene rings is 2. The first-order valence-electron chi connectivity index (χ1n) is 10.1. The molecule has 1 amide bonds. The molecular weight excluding hydrogens is 404 g/mol. The minimum absolute atomic E-state index is 0.0342. The summed E-state index contributed by atoms with van der Waals surface area (Å²) in [6.45, 7) is 6.25. The molecule has 0 unspecified atom stereocenters. The fourth-order valence-corrected chi connectivity index (χ4v) is 3.12. The molecule has 0 bridgehead atoms. The lowest BCUT2D eigenvalue weighted by Gasteiger charge is -2.19. The average Bonchev–Trinajstić information content (AvgIpc) is 2.78. The first-order valence-corrected chi connectivity index (χ1v) is 10.1. The van der Waals surface area contributed by atoms with Crippen LogP contribution in [0.3, 0.4) is 0 Å². The third-order valence-electron chi connectivity index (χ3n) is 5.05. The number of aromatic nitrogens is 2. The highest BCUT2D eigenvalue weighted by atomic mass is 16.4. The van der Waals surface area contributed by atoms with Gasteiger partial charge in [0.15, 0.2) is 5.82 Å². The molecule has 0 radical (unpaired) electrons. The van der Waals surface area contributed by atoms with Crippen molar-refractivity contribution < 1.29 is 14.7 Å². The van der Waals surface area contributed by atoms with Crippen LogP contribution in [0.2, 0.25) is 0 Å². The Morgan fingerprint density at radius 3 is 2.12 bits per heavy atom. The molecule has 162 valence electrons. The number of nitrogens with one attached hydrogen (secondary N) is 1. The summed E-state index contributed by atoms with van der Waals surface area (Å²) in [5, 5.41) is 21.0. The molecule has 2 N–H and O–H groups in total. The molecule has 7 nitrogen and oxygen atoms in total. The molecule has 0 spiro atoms. The number of nitrogens with zero attached hydrogens (tertiary/aromatic N) is 3. The lowest BCUT2D eigenvalue weighted by Crippen LogP contribution is -2.42. The Morgan fingerprint density at radius 1 is 1.03 bits per heavy atom. The number of aliphatic carboxylic acids is 1. The Balaban J connectivity index is 1.69. The zero-order valence-corrected chi connectivity index (χ0v) is 18.2. The van der Waals surface area contributed by atoms with E-state index in [1.54, 1.807) is 36.4 Å². The number of hydrogen-bond acceptors (Lipinski definition) is 5. The van der Waals surface area contributed by atoms with Crippen LogP contribution < -0.4 is 5.32 Å². The van der Waals surface area contributed by atoms with E-state index in [0.29, 0.717) is 17.0 Å². The normalized spacial score (nSPS) is 11.9. The maximum absolute atomic E-state index is 12.6. The standard InChI is InChI=1S/C25H24N4O3/c1-25(2,3)20-10-8-19(9-11-20)23(30)29-21(24(31)32)12-16-4-6-18(7-5-16)22-27-14-17(13-26)15-28-22/h4-11,14-15,21H,12H2,1-3H3,(H,29,30)(H,31,32)/t21-/m0/s1. The van der Waals surface area contributed by atoms with E-state index in [-0.39, 0.29) is 11.8 Å². The van der Waals surface area contributed by atoms with Crippen LogP contribution in [0.25, 0.3) is 11.4 Å². The molecule has 3 aromatic rings. The Labute approximate surface area is 186 Å². The van der Waals surface area contributed by atoms with Gasteiger partial charge >= 0.3 is 5.97 Å². The Hall–Kier alpha value is -4.05.